The number of nitrogens with zero attached hydrogens (tertiary/aromatic N) is 8. The molecular weight excluding hydrogens is 512 g/mol. The third kappa shape index (κ3) is 4.78. The van der Waals surface area contributed by atoms with E-state index in [1.54, 1.807) is 4.90 Å². The fraction of sp³-hybridized carbons (Fsp3) is 0.375. The average molecular weight is 549 g/mol. The van der Waals surface area contributed by atoms with Crippen molar-refractivity contribution in [1.29, 1.82) is 5.26 Å². The second kappa shape index (κ2) is 10.9. The monoisotopic (exact) mass is 548 g/mol. The maximum absolute atomic E-state index is 12.6. The van der Waals surface area contributed by atoms with Crippen LogP contribution in [0, 0.1) is 18.3 Å². The second-order valence-electron chi connectivity index (χ2n) is 11.1. The van der Waals surface area contributed by atoms with E-state index < -0.39 is 0 Å². The molecule has 1 amide bonds. The molecule has 0 aliphatic carbocycles. The van der Waals surface area contributed by atoms with Crippen LogP contribution in [0.25, 0.3) is 33.1 Å². The summed E-state index contributed by atoms with van der Waals surface area (Å²) in [4.78, 5) is 31.5. The van der Waals surface area contributed by atoms with Crippen LogP contribution in [0.3, 0.4) is 0 Å². The molecule has 1 atom stereocenters. The SMILES string of the molecule is C=CC(=O)N1CCN(c2nc(N3CCN(C)CC3)nc3c2cc(-c2cccc4cccc(C)c24)n3C)C[C@@H]1CC#N. The molecule has 2 saturated heterocycles. The number of hydrogen-bond donors (Lipinski definition) is 0. The third-order valence-corrected chi connectivity index (χ3v) is 8.60. The van der Waals surface area contributed by atoms with Crippen molar-refractivity contribution in [3.63, 3.8) is 0 Å². The Bertz CT molecular complexity index is 1670. The highest BCUT2D eigenvalue weighted by molar-refractivity contribution is 6.02. The van der Waals surface area contributed by atoms with Gasteiger partial charge in [-0.15, -0.1) is 0 Å². The van der Waals surface area contributed by atoms with Gasteiger partial charge in [0.1, 0.15) is 11.5 Å². The first kappa shape index (κ1) is 26.8. The smallest absolute Gasteiger partial charge is 0.246 e. The summed E-state index contributed by atoms with van der Waals surface area (Å²) in [5, 5.41) is 13.0. The summed E-state index contributed by atoms with van der Waals surface area (Å²) >= 11 is 0. The Morgan fingerprint density at radius 2 is 1.78 bits per heavy atom. The Morgan fingerprint density at radius 3 is 2.51 bits per heavy atom. The number of aryl methyl sites for hydroxylation is 2. The maximum Gasteiger partial charge on any atom is 0.246 e. The zero-order chi connectivity index (χ0) is 28.7. The molecule has 2 aliphatic heterocycles. The first-order chi connectivity index (χ1) is 19.9. The van der Waals surface area contributed by atoms with Crippen LogP contribution in [0.2, 0.25) is 0 Å². The van der Waals surface area contributed by atoms with Crippen LogP contribution >= 0.6 is 0 Å². The zero-order valence-electron chi connectivity index (χ0n) is 24.0. The third-order valence-electron chi connectivity index (χ3n) is 8.60. The summed E-state index contributed by atoms with van der Waals surface area (Å²) in [5.41, 5.74) is 4.36. The highest BCUT2D eigenvalue weighted by Gasteiger charge is 2.32. The summed E-state index contributed by atoms with van der Waals surface area (Å²) in [6.07, 6.45) is 1.59. The van der Waals surface area contributed by atoms with Crippen molar-refractivity contribution < 1.29 is 4.79 Å². The van der Waals surface area contributed by atoms with Gasteiger partial charge >= 0.3 is 0 Å². The van der Waals surface area contributed by atoms with Gasteiger partial charge in [-0.3, -0.25) is 4.79 Å². The fourth-order valence-electron chi connectivity index (χ4n) is 6.29. The lowest BCUT2D eigenvalue weighted by Gasteiger charge is -2.41. The number of piperazine rings is 2. The van der Waals surface area contributed by atoms with Crippen molar-refractivity contribution in [3.05, 3.63) is 60.7 Å². The first-order valence-electron chi connectivity index (χ1n) is 14.2. The summed E-state index contributed by atoms with van der Waals surface area (Å²) in [6, 6.07) is 17.1. The van der Waals surface area contributed by atoms with Gasteiger partial charge in [0.15, 0.2) is 0 Å². The van der Waals surface area contributed by atoms with E-state index in [2.05, 4.69) is 95.4 Å². The number of likely N-dealkylation sites (N-methyl/N-ethyl adjacent to an activating group) is 1. The number of rotatable bonds is 5. The van der Waals surface area contributed by atoms with Crippen LogP contribution in [-0.2, 0) is 11.8 Å². The van der Waals surface area contributed by atoms with Crippen LogP contribution in [0.5, 0.6) is 0 Å². The van der Waals surface area contributed by atoms with E-state index in [0.29, 0.717) is 19.6 Å². The average Bonchev–Trinajstić information content (AvgIpc) is 3.32. The number of nitriles is 1. The fourth-order valence-corrected chi connectivity index (χ4v) is 6.29. The topological polar surface area (TPSA) is 84.5 Å². The molecule has 0 N–H and O–H groups in total. The first-order valence-corrected chi connectivity index (χ1v) is 14.2. The molecule has 9 heteroatoms. The van der Waals surface area contributed by atoms with E-state index in [9.17, 15) is 10.1 Å². The molecule has 0 bridgehead atoms. The highest BCUT2D eigenvalue weighted by Crippen LogP contribution is 2.37. The molecule has 0 saturated carbocycles. The van der Waals surface area contributed by atoms with Crippen molar-refractivity contribution in [2.75, 3.05) is 62.7 Å². The van der Waals surface area contributed by atoms with Crippen molar-refractivity contribution in [3.8, 4) is 17.3 Å². The van der Waals surface area contributed by atoms with Crippen LogP contribution in [0.4, 0.5) is 11.8 Å². The van der Waals surface area contributed by atoms with Crippen molar-refractivity contribution in [2.24, 2.45) is 7.05 Å². The van der Waals surface area contributed by atoms with Gasteiger partial charge in [-0.2, -0.15) is 15.2 Å². The summed E-state index contributed by atoms with van der Waals surface area (Å²) < 4.78 is 2.19. The lowest BCUT2D eigenvalue weighted by atomic mass is 9.98. The molecule has 0 unspecified atom stereocenters. The Morgan fingerprint density at radius 1 is 1.05 bits per heavy atom. The summed E-state index contributed by atoms with van der Waals surface area (Å²) in [6.45, 7) is 11.1. The molecule has 210 valence electrons. The summed E-state index contributed by atoms with van der Waals surface area (Å²) in [5.74, 6) is 1.45. The lowest BCUT2D eigenvalue weighted by Crippen LogP contribution is -2.55. The van der Waals surface area contributed by atoms with Crippen molar-refractivity contribution in [2.45, 2.75) is 19.4 Å². The number of carbonyl (C=O) groups excluding carboxylic acids is 1. The van der Waals surface area contributed by atoms with Gasteiger partial charge in [-0.25, -0.2) is 0 Å². The van der Waals surface area contributed by atoms with E-state index in [4.69, 9.17) is 9.97 Å². The predicted molar refractivity (Wildman–Crippen MR) is 164 cm³/mol. The predicted octanol–water partition coefficient (Wildman–Crippen LogP) is 3.97. The van der Waals surface area contributed by atoms with Gasteiger partial charge in [0.2, 0.25) is 11.9 Å². The normalized spacial score (nSPS) is 18.2. The maximum atomic E-state index is 12.6. The molecule has 41 heavy (non-hydrogen) atoms. The number of anilines is 2. The van der Waals surface area contributed by atoms with Gasteiger partial charge in [0, 0.05) is 58.4 Å². The number of carbonyl (C=O) groups is 1. The molecule has 4 heterocycles. The molecule has 4 aromatic rings. The molecule has 0 spiro atoms. The summed E-state index contributed by atoms with van der Waals surface area (Å²) in [7, 11) is 4.22. The van der Waals surface area contributed by atoms with E-state index in [-0.39, 0.29) is 18.4 Å². The minimum absolute atomic E-state index is 0.135. The number of amides is 1. The number of aromatic nitrogens is 3. The number of fused-ring (bicyclic) bond motifs is 2. The molecule has 2 aliphatic rings. The molecule has 9 nitrogen and oxygen atoms in total. The lowest BCUT2D eigenvalue weighted by molar-refractivity contribution is -0.128. The van der Waals surface area contributed by atoms with Gasteiger partial charge < -0.3 is 24.2 Å². The van der Waals surface area contributed by atoms with Crippen LogP contribution in [0.15, 0.2) is 55.1 Å². The van der Waals surface area contributed by atoms with E-state index in [0.717, 1.165) is 60.2 Å². The van der Waals surface area contributed by atoms with Crippen LogP contribution in [-0.4, -0.2) is 89.1 Å². The molecule has 2 aromatic heterocycles. The van der Waals surface area contributed by atoms with Crippen molar-refractivity contribution in [1.82, 2.24) is 24.3 Å². The van der Waals surface area contributed by atoms with E-state index >= 15 is 0 Å². The Hall–Kier alpha value is -4.42. The van der Waals surface area contributed by atoms with E-state index in [1.165, 1.54) is 22.4 Å². The molecular formula is C32H36N8O. The second-order valence-corrected chi connectivity index (χ2v) is 11.1. The largest absolute Gasteiger partial charge is 0.352 e. The Labute approximate surface area is 240 Å². The Balaban J connectivity index is 1.51. The van der Waals surface area contributed by atoms with E-state index in [1.807, 2.05) is 0 Å². The van der Waals surface area contributed by atoms with Crippen LogP contribution in [0.1, 0.15) is 12.0 Å². The minimum Gasteiger partial charge on any atom is -0.352 e. The van der Waals surface area contributed by atoms with Gasteiger partial charge in [-0.05, 0) is 42.4 Å². The quantitative estimate of drug-likeness (QED) is 0.349. The van der Waals surface area contributed by atoms with Gasteiger partial charge in [0.25, 0.3) is 0 Å². The number of benzene rings is 2. The van der Waals surface area contributed by atoms with Gasteiger partial charge in [0.05, 0.1) is 29.6 Å². The molecule has 2 aromatic carbocycles. The molecule has 2 fully saturated rings. The van der Waals surface area contributed by atoms with Gasteiger partial charge in [-0.1, -0.05) is 43.0 Å². The molecule has 0 radical (unpaired) electrons. The van der Waals surface area contributed by atoms with Crippen LogP contribution < -0.4 is 9.80 Å². The van der Waals surface area contributed by atoms with Crippen molar-refractivity contribution >= 4 is 39.5 Å². The minimum atomic E-state index is -0.236. The standard InChI is InChI=1S/C32H36N8O/c1-5-28(41)40-19-18-39(21-24(40)12-13-33)31-26-20-27(25-11-7-10-23-9-6-8-22(2)29(23)25)37(4)30(26)34-32(35-31)38-16-14-36(3)15-17-38/h5-11,20,24H,1,12,14-19,21H2,2-4H3/t24-/m0/s1. The highest BCUT2D eigenvalue weighted by atomic mass is 16.2. The zero-order valence-corrected chi connectivity index (χ0v) is 24.0. The number of hydrogen-bond acceptors (Lipinski definition) is 7. The Kier molecular flexibility index (Phi) is 7.10. The molecule has 6 rings (SSSR count).